The molecule has 1 saturated heterocycles. The molecular formula is C22H29N3O5S. The quantitative estimate of drug-likeness (QED) is 0.729. The third kappa shape index (κ3) is 4.99. The van der Waals surface area contributed by atoms with Crippen molar-refractivity contribution in [3.05, 3.63) is 57.5 Å². The summed E-state index contributed by atoms with van der Waals surface area (Å²) in [4.78, 5) is 26.8. The third-order valence-corrected chi connectivity index (χ3v) is 7.17. The zero-order chi connectivity index (χ0) is 22.8. The third-order valence-electron chi connectivity index (χ3n) is 5.77. The minimum absolute atomic E-state index is 0.123. The number of carbonyl (C=O) groups is 1. The van der Waals surface area contributed by atoms with Gasteiger partial charge in [-0.1, -0.05) is 0 Å². The Hall–Kier alpha value is -2.65. The molecule has 1 aliphatic heterocycles. The molecule has 0 aliphatic carbocycles. The van der Waals surface area contributed by atoms with Crippen LogP contribution in [0.3, 0.4) is 0 Å². The maximum Gasteiger partial charge on any atom is 0.263 e. The monoisotopic (exact) mass is 447 g/mol. The molecule has 8 nitrogen and oxygen atoms in total. The molecule has 9 heteroatoms. The number of rotatable bonds is 6. The van der Waals surface area contributed by atoms with E-state index < -0.39 is 10.0 Å². The Morgan fingerprint density at radius 3 is 2.39 bits per heavy atom. The normalized spacial score (nSPS) is 15.2. The van der Waals surface area contributed by atoms with Crippen molar-refractivity contribution >= 4 is 15.9 Å². The fourth-order valence-electron chi connectivity index (χ4n) is 3.97. The van der Waals surface area contributed by atoms with Crippen LogP contribution in [-0.2, 0) is 17.1 Å². The van der Waals surface area contributed by atoms with Crippen molar-refractivity contribution in [2.45, 2.75) is 31.6 Å². The Morgan fingerprint density at radius 2 is 1.81 bits per heavy atom. The minimum Gasteiger partial charge on any atom is -0.496 e. The van der Waals surface area contributed by atoms with Gasteiger partial charge in [0.25, 0.3) is 11.5 Å². The number of hydrogen-bond acceptors (Lipinski definition) is 5. The summed E-state index contributed by atoms with van der Waals surface area (Å²) in [6.07, 6.45) is 2.95. The number of hydrogen-bond donors (Lipinski definition) is 1. The van der Waals surface area contributed by atoms with Gasteiger partial charge in [-0.15, -0.1) is 0 Å². The maximum absolute atomic E-state index is 12.8. The summed E-state index contributed by atoms with van der Waals surface area (Å²) in [7, 11) is -0.465. The number of aromatic nitrogens is 1. The van der Waals surface area contributed by atoms with Crippen LogP contribution >= 0.6 is 0 Å². The van der Waals surface area contributed by atoms with E-state index in [2.05, 4.69) is 4.72 Å². The molecule has 0 radical (unpaired) electrons. The van der Waals surface area contributed by atoms with Gasteiger partial charge in [-0.2, -0.15) is 0 Å². The Morgan fingerprint density at radius 1 is 1.19 bits per heavy atom. The number of piperidine rings is 1. The molecule has 0 atom stereocenters. The molecule has 1 N–H and O–H groups in total. The Labute approximate surface area is 182 Å². The van der Waals surface area contributed by atoms with Crippen molar-refractivity contribution in [3.63, 3.8) is 0 Å². The van der Waals surface area contributed by atoms with Gasteiger partial charge in [0.2, 0.25) is 10.0 Å². The summed E-state index contributed by atoms with van der Waals surface area (Å²) in [5.74, 6) is 0.534. The molecule has 0 bridgehead atoms. The summed E-state index contributed by atoms with van der Waals surface area (Å²) in [5.41, 5.74) is 1.38. The summed E-state index contributed by atoms with van der Waals surface area (Å²) >= 11 is 0. The van der Waals surface area contributed by atoms with Crippen LogP contribution in [-0.4, -0.2) is 50.5 Å². The lowest BCUT2D eigenvalue weighted by Gasteiger charge is -2.32. The molecule has 0 spiro atoms. The number of nitrogens with one attached hydrogen (secondary N) is 1. The van der Waals surface area contributed by atoms with Crippen molar-refractivity contribution in [2.75, 3.05) is 26.7 Å². The average molecular weight is 448 g/mol. The van der Waals surface area contributed by atoms with Gasteiger partial charge in [-0.3, -0.25) is 9.59 Å². The smallest absolute Gasteiger partial charge is 0.263 e. The highest BCUT2D eigenvalue weighted by Crippen LogP contribution is 2.26. The predicted molar refractivity (Wildman–Crippen MR) is 118 cm³/mol. The fourth-order valence-corrected chi connectivity index (χ4v) is 5.25. The van der Waals surface area contributed by atoms with E-state index >= 15 is 0 Å². The zero-order valence-electron chi connectivity index (χ0n) is 18.3. The second-order valence-corrected chi connectivity index (χ2v) is 9.78. The molecule has 0 saturated carbocycles. The van der Waals surface area contributed by atoms with Crippen LogP contribution in [0.1, 0.15) is 34.3 Å². The van der Waals surface area contributed by atoms with Gasteiger partial charge < -0.3 is 14.2 Å². The molecular weight excluding hydrogens is 418 g/mol. The summed E-state index contributed by atoms with van der Waals surface area (Å²) in [5, 5.41) is 0. The average Bonchev–Trinajstić information content (AvgIpc) is 2.74. The SMILES string of the molecule is COc1c(C)cc(S(=O)(=O)NCC2CCN(C(=O)c3cccn(C)c3=O)CC2)cc1C. The first-order chi connectivity index (χ1) is 14.6. The topological polar surface area (TPSA) is 97.7 Å². The van der Waals surface area contributed by atoms with Crippen molar-refractivity contribution in [1.82, 2.24) is 14.2 Å². The lowest BCUT2D eigenvalue weighted by molar-refractivity contribution is 0.0689. The number of carbonyl (C=O) groups excluding carboxylic acids is 1. The van der Waals surface area contributed by atoms with E-state index in [1.54, 1.807) is 49.5 Å². The van der Waals surface area contributed by atoms with E-state index in [-0.39, 0.29) is 27.8 Å². The molecule has 168 valence electrons. The number of sulfonamides is 1. The van der Waals surface area contributed by atoms with Crippen LogP contribution in [0.15, 0.2) is 40.2 Å². The second kappa shape index (κ2) is 9.23. The number of pyridine rings is 1. The number of benzene rings is 1. The number of amides is 1. The van der Waals surface area contributed by atoms with Gasteiger partial charge in [0.1, 0.15) is 11.3 Å². The van der Waals surface area contributed by atoms with Gasteiger partial charge in [0.05, 0.1) is 12.0 Å². The number of aryl methyl sites for hydroxylation is 3. The summed E-state index contributed by atoms with van der Waals surface area (Å²) in [6.45, 7) is 4.92. The van der Waals surface area contributed by atoms with Crippen LogP contribution in [0, 0.1) is 19.8 Å². The molecule has 2 aromatic rings. The maximum atomic E-state index is 12.8. The largest absolute Gasteiger partial charge is 0.496 e. The van der Waals surface area contributed by atoms with Crippen molar-refractivity contribution in [3.8, 4) is 5.75 Å². The van der Waals surface area contributed by atoms with Crippen LogP contribution in [0.2, 0.25) is 0 Å². The van der Waals surface area contributed by atoms with Gasteiger partial charge in [-0.25, -0.2) is 13.1 Å². The van der Waals surface area contributed by atoms with Crippen LogP contribution < -0.4 is 15.0 Å². The highest BCUT2D eigenvalue weighted by molar-refractivity contribution is 7.89. The fraction of sp³-hybridized carbons (Fsp3) is 0.455. The molecule has 3 rings (SSSR count). The molecule has 31 heavy (non-hydrogen) atoms. The lowest BCUT2D eigenvalue weighted by atomic mass is 9.97. The van der Waals surface area contributed by atoms with Crippen molar-refractivity contribution in [2.24, 2.45) is 13.0 Å². The minimum atomic E-state index is -3.64. The zero-order valence-corrected chi connectivity index (χ0v) is 19.2. The van der Waals surface area contributed by atoms with Crippen molar-refractivity contribution in [1.29, 1.82) is 0 Å². The molecule has 1 aliphatic rings. The highest BCUT2D eigenvalue weighted by Gasteiger charge is 2.26. The first kappa shape index (κ1) is 23.0. The van der Waals surface area contributed by atoms with Crippen molar-refractivity contribution < 1.29 is 17.9 Å². The van der Waals surface area contributed by atoms with E-state index in [9.17, 15) is 18.0 Å². The van der Waals surface area contributed by atoms with E-state index in [0.717, 1.165) is 11.1 Å². The van der Waals surface area contributed by atoms with Gasteiger partial charge in [0.15, 0.2) is 0 Å². The number of likely N-dealkylation sites (tertiary alicyclic amines) is 1. The first-order valence-electron chi connectivity index (χ1n) is 10.2. The van der Waals surface area contributed by atoms with E-state index in [1.165, 1.54) is 4.57 Å². The number of methoxy groups -OCH3 is 1. The van der Waals surface area contributed by atoms with Gasteiger partial charge >= 0.3 is 0 Å². The van der Waals surface area contributed by atoms with E-state index in [0.29, 0.717) is 38.2 Å². The van der Waals surface area contributed by atoms with Crippen LogP contribution in [0.25, 0.3) is 0 Å². The highest BCUT2D eigenvalue weighted by atomic mass is 32.2. The molecule has 1 fully saturated rings. The molecule has 1 aromatic heterocycles. The standard InChI is InChI=1S/C22H29N3O5S/c1-15-12-18(13-16(2)20(15)30-4)31(28,29)23-14-17-7-10-25(11-8-17)22(27)19-6-5-9-24(3)21(19)26/h5-6,9,12-13,17,23H,7-8,10-11,14H2,1-4H3. The van der Waals surface area contributed by atoms with E-state index in [4.69, 9.17) is 4.74 Å². The molecule has 1 amide bonds. The summed E-state index contributed by atoms with van der Waals surface area (Å²) < 4.78 is 34.9. The van der Waals surface area contributed by atoms with Crippen LogP contribution in [0.4, 0.5) is 0 Å². The summed E-state index contributed by atoms with van der Waals surface area (Å²) in [6, 6.07) is 6.44. The van der Waals surface area contributed by atoms with Crippen LogP contribution in [0.5, 0.6) is 5.75 Å². The first-order valence-corrected chi connectivity index (χ1v) is 11.7. The van der Waals surface area contributed by atoms with Gasteiger partial charge in [-0.05, 0) is 68.0 Å². The Balaban J connectivity index is 1.59. The predicted octanol–water partition coefficient (Wildman–Crippen LogP) is 1.84. The molecule has 2 heterocycles. The second-order valence-electron chi connectivity index (χ2n) is 8.02. The lowest BCUT2D eigenvalue weighted by Crippen LogP contribution is -2.43. The molecule has 0 unspecified atom stereocenters. The Bertz CT molecular complexity index is 1110. The Kier molecular flexibility index (Phi) is 6.86. The molecule has 1 aromatic carbocycles. The number of nitrogens with zero attached hydrogens (tertiary/aromatic N) is 2. The van der Waals surface area contributed by atoms with E-state index in [1.807, 2.05) is 13.8 Å². The van der Waals surface area contributed by atoms with Gasteiger partial charge in [0, 0.05) is 32.9 Å². The number of ether oxygens (including phenoxy) is 1.